The molecule has 4 nitrogen and oxygen atoms in total. The second-order valence-electron chi connectivity index (χ2n) is 3.22. The molecule has 1 aromatic heterocycles. The van der Waals surface area contributed by atoms with Gasteiger partial charge in [0.1, 0.15) is 11.3 Å². The van der Waals surface area contributed by atoms with Gasteiger partial charge in [0, 0.05) is 0 Å². The molecule has 2 rings (SSSR count). The van der Waals surface area contributed by atoms with E-state index < -0.39 is 0 Å². The van der Waals surface area contributed by atoms with Crippen LogP contribution >= 0.6 is 11.8 Å². The van der Waals surface area contributed by atoms with E-state index in [9.17, 15) is 0 Å². The van der Waals surface area contributed by atoms with Gasteiger partial charge in [0.2, 0.25) is 0 Å². The molecule has 0 saturated heterocycles. The summed E-state index contributed by atoms with van der Waals surface area (Å²) in [6.45, 7) is 0. The maximum Gasteiger partial charge on any atom is 0.117 e. The number of hydrogen-bond donors (Lipinski definition) is 3. The van der Waals surface area contributed by atoms with Crippen LogP contribution in [-0.2, 0) is 5.75 Å². The lowest BCUT2D eigenvalue weighted by Crippen LogP contribution is -2.30. The molecule has 0 aliphatic carbocycles. The normalized spacial score (nSPS) is 13.2. The standard InChI is InChI=1S/C10H14N4S/c1-12-10(11)15-6-9-13-7-4-2-3-5-8(7)14-9/h2-5,10,12H,6,11H2,1H3,(H,13,14). The van der Waals surface area contributed by atoms with Crippen molar-refractivity contribution in [3.05, 3.63) is 30.1 Å². The highest BCUT2D eigenvalue weighted by Crippen LogP contribution is 2.15. The summed E-state index contributed by atoms with van der Waals surface area (Å²) in [5, 5.41) is 2.97. The minimum absolute atomic E-state index is 0.0433. The van der Waals surface area contributed by atoms with Gasteiger partial charge in [-0.15, -0.1) is 11.8 Å². The fourth-order valence-corrected chi connectivity index (χ4v) is 1.97. The van der Waals surface area contributed by atoms with Crippen molar-refractivity contribution >= 4 is 22.8 Å². The van der Waals surface area contributed by atoms with E-state index in [2.05, 4.69) is 15.3 Å². The summed E-state index contributed by atoms with van der Waals surface area (Å²) in [4.78, 5) is 7.72. The highest BCUT2D eigenvalue weighted by molar-refractivity contribution is 7.99. The monoisotopic (exact) mass is 222 g/mol. The Morgan fingerprint density at radius 2 is 2.33 bits per heavy atom. The van der Waals surface area contributed by atoms with E-state index in [4.69, 9.17) is 5.73 Å². The van der Waals surface area contributed by atoms with Crippen molar-refractivity contribution in [1.82, 2.24) is 15.3 Å². The van der Waals surface area contributed by atoms with E-state index in [1.807, 2.05) is 31.3 Å². The number of nitrogens with two attached hydrogens (primary N) is 1. The molecule has 0 bridgehead atoms. The average Bonchev–Trinajstić information content (AvgIpc) is 2.68. The maximum atomic E-state index is 5.73. The van der Waals surface area contributed by atoms with Crippen molar-refractivity contribution in [3.8, 4) is 0 Å². The third kappa shape index (κ3) is 2.50. The number of H-pyrrole nitrogens is 1. The van der Waals surface area contributed by atoms with Crippen molar-refractivity contribution in [2.24, 2.45) is 5.73 Å². The van der Waals surface area contributed by atoms with Crippen LogP contribution in [0.25, 0.3) is 11.0 Å². The highest BCUT2D eigenvalue weighted by atomic mass is 32.2. The van der Waals surface area contributed by atoms with Crippen molar-refractivity contribution < 1.29 is 0 Å². The van der Waals surface area contributed by atoms with Crippen molar-refractivity contribution in [1.29, 1.82) is 0 Å². The summed E-state index contributed by atoms with van der Waals surface area (Å²) in [5.41, 5.74) is 7.76. The number of nitrogens with zero attached hydrogens (tertiary/aromatic N) is 1. The third-order valence-corrected chi connectivity index (χ3v) is 3.16. The zero-order valence-electron chi connectivity index (χ0n) is 8.53. The van der Waals surface area contributed by atoms with Crippen LogP contribution in [0.5, 0.6) is 0 Å². The topological polar surface area (TPSA) is 66.7 Å². The second kappa shape index (κ2) is 4.65. The number of nitrogens with one attached hydrogen (secondary N) is 2. The van der Waals surface area contributed by atoms with E-state index in [0.29, 0.717) is 0 Å². The van der Waals surface area contributed by atoms with Gasteiger partial charge in [0.25, 0.3) is 0 Å². The number of imidazole rings is 1. The molecule has 2 aromatic rings. The van der Waals surface area contributed by atoms with Gasteiger partial charge >= 0.3 is 0 Å². The molecule has 1 atom stereocenters. The minimum Gasteiger partial charge on any atom is -0.341 e. The number of rotatable bonds is 4. The first kappa shape index (κ1) is 10.5. The van der Waals surface area contributed by atoms with Gasteiger partial charge < -0.3 is 10.7 Å². The lowest BCUT2D eigenvalue weighted by molar-refractivity contribution is 0.774. The summed E-state index contributed by atoms with van der Waals surface area (Å²) < 4.78 is 0. The van der Waals surface area contributed by atoms with E-state index in [0.717, 1.165) is 22.6 Å². The molecule has 15 heavy (non-hydrogen) atoms. The quantitative estimate of drug-likeness (QED) is 0.681. The fourth-order valence-electron chi connectivity index (χ4n) is 1.33. The van der Waals surface area contributed by atoms with Crippen LogP contribution in [-0.4, -0.2) is 22.5 Å². The van der Waals surface area contributed by atoms with E-state index in [1.165, 1.54) is 0 Å². The Kier molecular flexibility index (Phi) is 3.25. The van der Waals surface area contributed by atoms with Gasteiger partial charge in [0.15, 0.2) is 0 Å². The highest BCUT2D eigenvalue weighted by Gasteiger charge is 2.04. The Balaban J connectivity index is 2.09. The zero-order chi connectivity index (χ0) is 10.7. The number of aromatic amines is 1. The largest absolute Gasteiger partial charge is 0.341 e. The molecule has 0 radical (unpaired) electrons. The Bertz CT molecular complexity index is 407. The predicted molar refractivity (Wildman–Crippen MR) is 64.4 cm³/mol. The first-order valence-electron chi connectivity index (χ1n) is 4.77. The van der Waals surface area contributed by atoms with Crippen LogP contribution in [0.3, 0.4) is 0 Å². The Hall–Kier alpha value is -1.04. The number of aromatic nitrogens is 2. The molecule has 1 unspecified atom stereocenters. The Labute approximate surface area is 92.6 Å². The average molecular weight is 222 g/mol. The Morgan fingerprint density at radius 1 is 1.53 bits per heavy atom. The summed E-state index contributed by atoms with van der Waals surface area (Å²) in [5.74, 6) is 1.75. The number of thioether (sulfide) groups is 1. The van der Waals surface area contributed by atoms with E-state index >= 15 is 0 Å². The maximum absolute atomic E-state index is 5.73. The lowest BCUT2D eigenvalue weighted by Gasteiger charge is -2.07. The predicted octanol–water partition coefficient (Wildman–Crippen LogP) is 1.26. The summed E-state index contributed by atoms with van der Waals surface area (Å²) in [7, 11) is 1.84. The molecule has 1 heterocycles. The van der Waals surface area contributed by atoms with E-state index in [-0.39, 0.29) is 5.50 Å². The summed E-state index contributed by atoms with van der Waals surface area (Å²) in [6.07, 6.45) is 0. The van der Waals surface area contributed by atoms with Crippen LogP contribution in [0.2, 0.25) is 0 Å². The number of para-hydroxylation sites is 2. The molecular formula is C10H14N4S. The fraction of sp³-hybridized carbons (Fsp3) is 0.300. The van der Waals surface area contributed by atoms with Gasteiger partial charge in [0.05, 0.1) is 16.8 Å². The molecule has 1 aromatic carbocycles. The van der Waals surface area contributed by atoms with Crippen LogP contribution in [0.1, 0.15) is 5.82 Å². The molecule has 0 aliphatic heterocycles. The minimum atomic E-state index is -0.0433. The molecule has 0 aliphatic rings. The summed E-state index contributed by atoms with van der Waals surface area (Å²) >= 11 is 1.62. The van der Waals surface area contributed by atoms with Gasteiger partial charge in [-0.3, -0.25) is 5.32 Å². The lowest BCUT2D eigenvalue weighted by atomic mass is 10.3. The van der Waals surface area contributed by atoms with Crippen LogP contribution in [0, 0.1) is 0 Å². The molecule has 80 valence electrons. The molecule has 0 fully saturated rings. The van der Waals surface area contributed by atoms with Gasteiger partial charge in [-0.25, -0.2) is 4.98 Å². The third-order valence-electron chi connectivity index (χ3n) is 2.12. The smallest absolute Gasteiger partial charge is 0.117 e. The van der Waals surface area contributed by atoms with Crippen LogP contribution in [0.4, 0.5) is 0 Å². The van der Waals surface area contributed by atoms with Crippen molar-refractivity contribution in [2.45, 2.75) is 11.3 Å². The SMILES string of the molecule is CNC(N)SCc1nc2ccccc2[nH]1. The second-order valence-corrected chi connectivity index (χ2v) is 4.35. The molecular weight excluding hydrogens is 208 g/mol. The Morgan fingerprint density at radius 3 is 3.07 bits per heavy atom. The molecule has 5 heteroatoms. The van der Waals surface area contributed by atoms with Gasteiger partial charge in [-0.05, 0) is 19.2 Å². The summed E-state index contributed by atoms with van der Waals surface area (Å²) in [6, 6.07) is 8.00. The first-order valence-corrected chi connectivity index (χ1v) is 5.82. The van der Waals surface area contributed by atoms with Crippen LogP contribution < -0.4 is 11.1 Å². The molecule has 0 amide bonds. The number of fused-ring (bicyclic) bond motifs is 1. The number of benzene rings is 1. The molecule has 0 saturated carbocycles. The van der Waals surface area contributed by atoms with Crippen molar-refractivity contribution in [3.63, 3.8) is 0 Å². The molecule has 4 N–H and O–H groups in total. The van der Waals surface area contributed by atoms with Gasteiger partial charge in [-0.1, -0.05) is 12.1 Å². The number of hydrogen-bond acceptors (Lipinski definition) is 4. The van der Waals surface area contributed by atoms with E-state index in [1.54, 1.807) is 11.8 Å². The van der Waals surface area contributed by atoms with Crippen molar-refractivity contribution in [2.75, 3.05) is 7.05 Å². The van der Waals surface area contributed by atoms with Gasteiger partial charge in [-0.2, -0.15) is 0 Å². The van der Waals surface area contributed by atoms with Crippen LogP contribution in [0.15, 0.2) is 24.3 Å². The molecule has 0 spiro atoms. The zero-order valence-corrected chi connectivity index (χ0v) is 9.34. The first-order chi connectivity index (χ1) is 7.29.